The van der Waals surface area contributed by atoms with Crippen molar-refractivity contribution in [2.75, 3.05) is 29.9 Å². The first-order valence-electron chi connectivity index (χ1n) is 9.32. The van der Waals surface area contributed by atoms with E-state index in [4.69, 9.17) is 4.98 Å². The fraction of sp³-hybridized carbons (Fsp3) is 0.450. The van der Waals surface area contributed by atoms with E-state index in [9.17, 15) is 0 Å². The molecule has 2 aromatic rings. The zero-order valence-corrected chi connectivity index (χ0v) is 15.7. The Morgan fingerprint density at radius 3 is 2.96 bits per heavy atom. The summed E-state index contributed by atoms with van der Waals surface area (Å²) in [6.45, 7) is 10.1. The van der Waals surface area contributed by atoms with Gasteiger partial charge in [0.1, 0.15) is 5.82 Å². The standard InChI is InChI=1S/C20H26N6/c1-13(2)18-12-26(7-6-22-18)20-23-14(3)8-19(25-20)24-17-5-4-15-10-21-11-16(15)9-17/h4-5,8-9,11,13,18,22H,6-7,10,12H2,1-3H3,(H,23,24,25). The molecule has 2 N–H and O–H groups in total. The monoisotopic (exact) mass is 350 g/mol. The average Bonchev–Trinajstić information content (AvgIpc) is 3.09. The Morgan fingerprint density at radius 2 is 2.12 bits per heavy atom. The Bertz CT molecular complexity index is 829. The zero-order valence-electron chi connectivity index (χ0n) is 15.7. The van der Waals surface area contributed by atoms with Crippen molar-refractivity contribution in [1.29, 1.82) is 0 Å². The van der Waals surface area contributed by atoms with Crippen LogP contribution >= 0.6 is 0 Å². The molecule has 4 rings (SSSR count). The Hall–Kier alpha value is -2.47. The van der Waals surface area contributed by atoms with Crippen molar-refractivity contribution in [2.45, 2.75) is 33.4 Å². The lowest BCUT2D eigenvalue weighted by molar-refractivity contribution is 0.366. The van der Waals surface area contributed by atoms with Gasteiger partial charge >= 0.3 is 0 Å². The summed E-state index contributed by atoms with van der Waals surface area (Å²) in [5, 5.41) is 7.02. The summed E-state index contributed by atoms with van der Waals surface area (Å²) >= 11 is 0. The second kappa shape index (κ2) is 7.03. The summed E-state index contributed by atoms with van der Waals surface area (Å²) in [7, 11) is 0. The molecule has 1 unspecified atom stereocenters. The van der Waals surface area contributed by atoms with Crippen LogP contribution in [0.3, 0.4) is 0 Å². The maximum absolute atomic E-state index is 4.78. The summed E-state index contributed by atoms with van der Waals surface area (Å²) in [5.74, 6) is 2.23. The van der Waals surface area contributed by atoms with Gasteiger partial charge < -0.3 is 15.5 Å². The van der Waals surface area contributed by atoms with Gasteiger partial charge in [0.05, 0.1) is 6.54 Å². The molecule has 0 bridgehead atoms. The highest BCUT2D eigenvalue weighted by atomic mass is 15.3. The zero-order chi connectivity index (χ0) is 18.1. The first-order valence-corrected chi connectivity index (χ1v) is 9.32. The van der Waals surface area contributed by atoms with E-state index < -0.39 is 0 Å². The van der Waals surface area contributed by atoms with Crippen LogP contribution in [0.25, 0.3) is 0 Å². The molecular formula is C20H26N6. The Morgan fingerprint density at radius 1 is 1.23 bits per heavy atom. The van der Waals surface area contributed by atoms with Crippen LogP contribution < -0.4 is 15.5 Å². The lowest BCUT2D eigenvalue weighted by atomic mass is 10.0. The predicted molar refractivity (Wildman–Crippen MR) is 107 cm³/mol. The number of aliphatic imine (C=N–C) groups is 1. The molecule has 1 aromatic carbocycles. The second-order valence-electron chi connectivity index (χ2n) is 7.45. The van der Waals surface area contributed by atoms with Crippen molar-refractivity contribution in [2.24, 2.45) is 10.9 Å². The SMILES string of the molecule is Cc1cc(Nc2ccc3c(c2)C=NC3)nc(N2CCNC(C(C)C)C2)n1. The van der Waals surface area contributed by atoms with E-state index in [-0.39, 0.29) is 0 Å². The van der Waals surface area contributed by atoms with Crippen LogP contribution in [0.5, 0.6) is 0 Å². The second-order valence-corrected chi connectivity index (χ2v) is 7.45. The van der Waals surface area contributed by atoms with Gasteiger partial charge in [-0.3, -0.25) is 4.99 Å². The smallest absolute Gasteiger partial charge is 0.227 e. The number of hydrogen-bond acceptors (Lipinski definition) is 6. The third-order valence-electron chi connectivity index (χ3n) is 5.05. The summed E-state index contributed by atoms with van der Waals surface area (Å²) in [5.41, 5.74) is 4.46. The van der Waals surface area contributed by atoms with Gasteiger partial charge in [0.25, 0.3) is 0 Å². The van der Waals surface area contributed by atoms with Crippen molar-refractivity contribution in [3.63, 3.8) is 0 Å². The molecule has 6 nitrogen and oxygen atoms in total. The van der Waals surface area contributed by atoms with Crippen LogP contribution in [-0.2, 0) is 6.54 Å². The van der Waals surface area contributed by atoms with Crippen LogP contribution in [0.1, 0.15) is 30.7 Å². The van der Waals surface area contributed by atoms with Gasteiger partial charge in [-0.2, -0.15) is 4.98 Å². The largest absolute Gasteiger partial charge is 0.340 e. The number of rotatable bonds is 4. The van der Waals surface area contributed by atoms with E-state index in [2.05, 4.69) is 57.6 Å². The number of aryl methyl sites for hydroxylation is 1. The third kappa shape index (κ3) is 3.55. The number of anilines is 3. The van der Waals surface area contributed by atoms with E-state index >= 15 is 0 Å². The molecule has 2 aliphatic rings. The summed E-state index contributed by atoms with van der Waals surface area (Å²) in [6, 6.07) is 8.81. The van der Waals surface area contributed by atoms with Crippen molar-refractivity contribution in [3.8, 4) is 0 Å². The predicted octanol–water partition coefficient (Wildman–Crippen LogP) is 2.90. The number of nitrogens with one attached hydrogen (secondary N) is 2. The normalized spacial score (nSPS) is 19.1. The van der Waals surface area contributed by atoms with Crippen LogP contribution in [0.4, 0.5) is 17.5 Å². The minimum Gasteiger partial charge on any atom is -0.340 e. The van der Waals surface area contributed by atoms with Crippen LogP contribution in [0.15, 0.2) is 29.3 Å². The van der Waals surface area contributed by atoms with E-state index in [0.29, 0.717) is 12.0 Å². The number of nitrogens with zero attached hydrogens (tertiary/aromatic N) is 4. The van der Waals surface area contributed by atoms with Gasteiger partial charge in [0.2, 0.25) is 5.95 Å². The van der Waals surface area contributed by atoms with Crippen molar-refractivity contribution < 1.29 is 0 Å². The summed E-state index contributed by atoms with van der Waals surface area (Å²) in [6.07, 6.45) is 1.93. The number of piperazine rings is 1. The highest BCUT2D eigenvalue weighted by molar-refractivity contribution is 5.86. The van der Waals surface area contributed by atoms with E-state index in [1.165, 1.54) is 11.1 Å². The molecule has 1 atom stereocenters. The number of hydrogen-bond donors (Lipinski definition) is 2. The molecule has 3 heterocycles. The van der Waals surface area contributed by atoms with Gasteiger partial charge in [-0.25, -0.2) is 4.98 Å². The van der Waals surface area contributed by atoms with Crippen LogP contribution in [0, 0.1) is 12.8 Å². The molecule has 0 aliphatic carbocycles. The first kappa shape index (κ1) is 17.0. The molecule has 0 saturated carbocycles. The van der Waals surface area contributed by atoms with Crippen LogP contribution in [-0.4, -0.2) is 41.9 Å². The molecular weight excluding hydrogens is 324 g/mol. The van der Waals surface area contributed by atoms with Crippen molar-refractivity contribution >= 4 is 23.7 Å². The van der Waals surface area contributed by atoms with Gasteiger partial charge in [-0.05, 0) is 36.1 Å². The highest BCUT2D eigenvalue weighted by Crippen LogP contribution is 2.23. The minimum absolute atomic E-state index is 0.472. The lowest BCUT2D eigenvalue weighted by Crippen LogP contribution is -2.53. The Labute approximate surface area is 154 Å². The maximum atomic E-state index is 4.78. The maximum Gasteiger partial charge on any atom is 0.227 e. The molecule has 0 radical (unpaired) electrons. The Balaban J connectivity index is 1.55. The molecule has 1 fully saturated rings. The summed E-state index contributed by atoms with van der Waals surface area (Å²) in [4.78, 5) is 16.1. The van der Waals surface area contributed by atoms with Gasteiger partial charge in [-0.15, -0.1) is 0 Å². The molecule has 6 heteroatoms. The minimum atomic E-state index is 0.472. The van der Waals surface area contributed by atoms with E-state index in [0.717, 1.165) is 49.3 Å². The van der Waals surface area contributed by atoms with E-state index in [1.54, 1.807) is 0 Å². The van der Waals surface area contributed by atoms with Gasteiger partial charge in [0.15, 0.2) is 0 Å². The van der Waals surface area contributed by atoms with Crippen LogP contribution in [0.2, 0.25) is 0 Å². The molecule has 2 aliphatic heterocycles. The topological polar surface area (TPSA) is 65.4 Å². The lowest BCUT2D eigenvalue weighted by Gasteiger charge is -2.35. The number of fused-ring (bicyclic) bond motifs is 1. The number of aromatic nitrogens is 2. The van der Waals surface area contributed by atoms with Crippen molar-refractivity contribution in [3.05, 3.63) is 41.1 Å². The molecule has 136 valence electrons. The summed E-state index contributed by atoms with van der Waals surface area (Å²) < 4.78 is 0. The first-order chi connectivity index (χ1) is 12.6. The number of benzene rings is 1. The van der Waals surface area contributed by atoms with Crippen molar-refractivity contribution in [1.82, 2.24) is 15.3 Å². The quantitative estimate of drug-likeness (QED) is 0.888. The molecule has 0 spiro atoms. The highest BCUT2D eigenvalue weighted by Gasteiger charge is 2.23. The average molecular weight is 350 g/mol. The van der Waals surface area contributed by atoms with E-state index in [1.807, 2.05) is 19.2 Å². The molecule has 0 amide bonds. The fourth-order valence-corrected chi connectivity index (χ4v) is 3.49. The molecule has 26 heavy (non-hydrogen) atoms. The molecule has 1 aromatic heterocycles. The van der Waals surface area contributed by atoms with Gasteiger partial charge in [0, 0.05) is 49.3 Å². The fourth-order valence-electron chi connectivity index (χ4n) is 3.49. The Kier molecular flexibility index (Phi) is 4.59. The van der Waals surface area contributed by atoms with Gasteiger partial charge in [-0.1, -0.05) is 19.9 Å². The molecule has 1 saturated heterocycles. The third-order valence-corrected chi connectivity index (χ3v) is 5.05.